The second-order valence-corrected chi connectivity index (χ2v) is 8.03. The Hall–Kier alpha value is -1.36. The minimum absolute atomic E-state index is 0.113. The fourth-order valence-electron chi connectivity index (χ4n) is 2.59. The van der Waals surface area contributed by atoms with Crippen molar-refractivity contribution in [2.24, 2.45) is 4.99 Å². The second-order valence-electron chi connectivity index (χ2n) is 7.09. The zero-order valence-electron chi connectivity index (χ0n) is 14.9. The topological polar surface area (TPSA) is 49.3 Å². The van der Waals surface area contributed by atoms with Crippen LogP contribution in [-0.2, 0) is 12.0 Å². The zero-order chi connectivity index (χ0) is 16.7. The van der Waals surface area contributed by atoms with Crippen LogP contribution in [0.2, 0.25) is 0 Å². The largest absolute Gasteiger partial charge is 0.356 e. The molecule has 128 valence electrons. The third kappa shape index (κ3) is 5.98. The smallest absolute Gasteiger partial charge is 0.191 e. The van der Waals surface area contributed by atoms with Crippen LogP contribution in [0.15, 0.2) is 22.0 Å². The Morgan fingerprint density at radius 3 is 2.74 bits per heavy atom. The van der Waals surface area contributed by atoms with Crippen LogP contribution in [-0.4, -0.2) is 24.5 Å². The van der Waals surface area contributed by atoms with Crippen molar-refractivity contribution in [1.29, 1.82) is 0 Å². The van der Waals surface area contributed by atoms with E-state index in [1.165, 1.54) is 25.7 Å². The molecule has 1 aromatic heterocycles. The van der Waals surface area contributed by atoms with Crippen LogP contribution in [0.1, 0.15) is 63.6 Å². The fourth-order valence-corrected chi connectivity index (χ4v) is 3.55. The van der Waals surface area contributed by atoms with Crippen molar-refractivity contribution in [2.75, 3.05) is 13.6 Å². The Morgan fingerprint density at radius 1 is 1.30 bits per heavy atom. The number of allylic oxidation sites excluding steroid dienone is 1. The summed E-state index contributed by atoms with van der Waals surface area (Å²) in [7, 11) is 1.82. The highest BCUT2D eigenvalue weighted by Gasteiger charge is 2.17. The first-order chi connectivity index (χ1) is 11.0. The molecule has 0 bridgehead atoms. The molecule has 0 amide bonds. The van der Waals surface area contributed by atoms with Crippen molar-refractivity contribution < 1.29 is 0 Å². The predicted molar refractivity (Wildman–Crippen MR) is 100 cm³/mol. The maximum absolute atomic E-state index is 4.71. The molecule has 0 atom stereocenters. The van der Waals surface area contributed by atoms with Crippen molar-refractivity contribution in [3.05, 3.63) is 27.7 Å². The molecule has 4 nitrogen and oxygen atoms in total. The van der Waals surface area contributed by atoms with Crippen LogP contribution in [0.25, 0.3) is 0 Å². The summed E-state index contributed by atoms with van der Waals surface area (Å²) in [6.45, 7) is 8.25. The zero-order valence-corrected chi connectivity index (χ0v) is 15.7. The molecular weight excluding hydrogens is 304 g/mol. The van der Waals surface area contributed by atoms with Gasteiger partial charge < -0.3 is 10.6 Å². The van der Waals surface area contributed by atoms with Gasteiger partial charge in [0.25, 0.3) is 0 Å². The summed E-state index contributed by atoms with van der Waals surface area (Å²) in [6, 6.07) is 0. The van der Waals surface area contributed by atoms with Gasteiger partial charge in [0.05, 0.1) is 12.2 Å². The van der Waals surface area contributed by atoms with E-state index in [2.05, 4.69) is 47.9 Å². The molecule has 0 spiro atoms. The minimum atomic E-state index is 0.113. The van der Waals surface area contributed by atoms with Gasteiger partial charge in [-0.05, 0) is 32.1 Å². The second kappa shape index (κ2) is 8.48. The van der Waals surface area contributed by atoms with Gasteiger partial charge in [0.2, 0.25) is 0 Å². The van der Waals surface area contributed by atoms with Crippen LogP contribution in [0.3, 0.4) is 0 Å². The van der Waals surface area contributed by atoms with E-state index >= 15 is 0 Å². The lowest BCUT2D eigenvalue weighted by Gasteiger charge is -2.15. The molecule has 1 heterocycles. The Kier molecular flexibility index (Phi) is 6.63. The number of hydrogen-bond acceptors (Lipinski definition) is 3. The molecule has 0 aromatic carbocycles. The number of guanidine groups is 1. The first-order valence-electron chi connectivity index (χ1n) is 8.56. The van der Waals surface area contributed by atoms with Gasteiger partial charge in [-0.15, -0.1) is 11.3 Å². The SMILES string of the molecule is CN=C(NCCC1=CCCCC1)NCc1nc(C(C)(C)C)cs1. The lowest BCUT2D eigenvalue weighted by molar-refractivity contribution is 0.570. The number of aliphatic imine (C=N–C) groups is 1. The van der Waals surface area contributed by atoms with Crippen molar-refractivity contribution in [1.82, 2.24) is 15.6 Å². The molecule has 0 saturated heterocycles. The molecule has 5 heteroatoms. The minimum Gasteiger partial charge on any atom is -0.356 e. The third-order valence-corrected chi connectivity index (χ3v) is 4.92. The van der Waals surface area contributed by atoms with Crippen molar-refractivity contribution >= 4 is 17.3 Å². The van der Waals surface area contributed by atoms with Crippen LogP contribution < -0.4 is 10.6 Å². The van der Waals surface area contributed by atoms with E-state index in [0.29, 0.717) is 0 Å². The molecule has 2 N–H and O–H groups in total. The Balaban J connectivity index is 1.74. The average Bonchev–Trinajstić information content (AvgIpc) is 3.01. The highest BCUT2D eigenvalue weighted by atomic mass is 32.1. The average molecular weight is 335 g/mol. The van der Waals surface area contributed by atoms with Crippen LogP contribution in [0, 0.1) is 0 Å². The first-order valence-corrected chi connectivity index (χ1v) is 9.44. The lowest BCUT2D eigenvalue weighted by Crippen LogP contribution is -2.37. The molecule has 0 radical (unpaired) electrons. The first kappa shape index (κ1) is 18.0. The van der Waals surface area contributed by atoms with Gasteiger partial charge in [0, 0.05) is 24.4 Å². The molecule has 1 aromatic rings. The Labute approximate surface area is 144 Å². The van der Waals surface area contributed by atoms with Gasteiger partial charge in [0.15, 0.2) is 5.96 Å². The van der Waals surface area contributed by atoms with Gasteiger partial charge >= 0.3 is 0 Å². The lowest BCUT2D eigenvalue weighted by atomic mass is 9.93. The van der Waals surface area contributed by atoms with E-state index in [1.54, 1.807) is 16.9 Å². The normalized spacial score (nSPS) is 16.2. The van der Waals surface area contributed by atoms with Gasteiger partial charge in [0.1, 0.15) is 5.01 Å². The van der Waals surface area contributed by atoms with E-state index in [4.69, 9.17) is 4.98 Å². The molecule has 0 saturated carbocycles. The summed E-state index contributed by atoms with van der Waals surface area (Å²) in [4.78, 5) is 9.00. The van der Waals surface area contributed by atoms with E-state index in [-0.39, 0.29) is 5.41 Å². The Morgan fingerprint density at radius 2 is 2.13 bits per heavy atom. The number of hydrogen-bond donors (Lipinski definition) is 2. The van der Waals surface area contributed by atoms with Crippen molar-refractivity contribution in [2.45, 2.75) is 64.8 Å². The summed E-state index contributed by atoms with van der Waals surface area (Å²) in [6.07, 6.45) is 8.74. The number of aromatic nitrogens is 1. The standard InChI is InChI=1S/C18H30N4S/c1-18(2,3)15-13-23-16(22-15)12-21-17(19-4)20-11-10-14-8-6-5-7-9-14/h8,13H,5-7,9-12H2,1-4H3,(H2,19,20,21). The summed E-state index contributed by atoms with van der Waals surface area (Å²) in [5, 5.41) is 10.0. The quantitative estimate of drug-likeness (QED) is 0.486. The number of thiazole rings is 1. The summed E-state index contributed by atoms with van der Waals surface area (Å²) in [5.74, 6) is 0.855. The van der Waals surface area contributed by atoms with Crippen LogP contribution in [0.4, 0.5) is 0 Å². The molecule has 0 fully saturated rings. The van der Waals surface area contributed by atoms with Gasteiger partial charge in [-0.3, -0.25) is 4.99 Å². The van der Waals surface area contributed by atoms with E-state index in [9.17, 15) is 0 Å². The monoisotopic (exact) mass is 334 g/mol. The van der Waals surface area contributed by atoms with E-state index < -0.39 is 0 Å². The molecule has 1 aliphatic rings. The maximum Gasteiger partial charge on any atom is 0.191 e. The van der Waals surface area contributed by atoms with Crippen LogP contribution in [0.5, 0.6) is 0 Å². The summed E-state index contributed by atoms with van der Waals surface area (Å²) < 4.78 is 0. The maximum atomic E-state index is 4.71. The molecule has 23 heavy (non-hydrogen) atoms. The summed E-state index contributed by atoms with van der Waals surface area (Å²) in [5.41, 5.74) is 2.86. The fraction of sp³-hybridized carbons (Fsp3) is 0.667. The predicted octanol–water partition coefficient (Wildman–Crippen LogP) is 4.00. The molecule has 0 unspecified atom stereocenters. The van der Waals surface area contributed by atoms with Crippen molar-refractivity contribution in [3.8, 4) is 0 Å². The highest BCUT2D eigenvalue weighted by Crippen LogP contribution is 2.23. The molecule has 0 aliphatic heterocycles. The highest BCUT2D eigenvalue weighted by molar-refractivity contribution is 7.09. The van der Waals surface area contributed by atoms with Gasteiger partial charge in [-0.1, -0.05) is 32.4 Å². The van der Waals surface area contributed by atoms with E-state index in [1.807, 2.05) is 7.05 Å². The van der Waals surface area contributed by atoms with Crippen molar-refractivity contribution in [3.63, 3.8) is 0 Å². The molecule has 1 aliphatic carbocycles. The van der Waals surface area contributed by atoms with Gasteiger partial charge in [-0.2, -0.15) is 0 Å². The third-order valence-electron chi connectivity index (χ3n) is 4.07. The molecule has 2 rings (SSSR count). The number of nitrogens with one attached hydrogen (secondary N) is 2. The number of nitrogens with zero attached hydrogens (tertiary/aromatic N) is 2. The van der Waals surface area contributed by atoms with Gasteiger partial charge in [-0.25, -0.2) is 4.98 Å². The van der Waals surface area contributed by atoms with E-state index in [0.717, 1.165) is 36.2 Å². The summed E-state index contributed by atoms with van der Waals surface area (Å²) >= 11 is 1.71. The number of rotatable bonds is 5. The Bertz CT molecular complexity index is 552. The van der Waals surface area contributed by atoms with Crippen LogP contribution >= 0.6 is 11.3 Å². The molecular formula is C18H30N4S.